The van der Waals surface area contributed by atoms with E-state index in [-0.39, 0.29) is 5.57 Å². The molecule has 0 fully saturated rings. The first-order valence-electron chi connectivity index (χ1n) is 4.52. The van der Waals surface area contributed by atoms with Crippen molar-refractivity contribution in [2.24, 2.45) is 0 Å². The molecule has 0 N–H and O–H groups in total. The van der Waals surface area contributed by atoms with Crippen molar-refractivity contribution in [3.63, 3.8) is 0 Å². The Balaban J connectivity index is 2.90. The van der Waals surface area contributed by atoms with Gasteiger partial charge in [-0.05, 0) is 18.1 Å². The van der Waals surface area contributed by atoms with Crippen molar-refractivity contribution in [3.8, 4) is 12.1 Å². The summed E-state index contributed by atoms with van der Waals surface area (Å²) in [5.41, 5.74) is 1.89. The third-order valence-corrected chi connectivity index (χ3v) is 1.94. The molecule has 0 saturated heterocycles. The van der Waals surface area contributed by atoms with E-state index in [1.54, 1.807) is 13.0 Å². The third kappa shape index (κ3) is 3.14. The molecule has 0 aliphatic rings. The van der Waals surface area contributed by atoms with E-state index in [0.717, 1.165) is 5.56 Å². The first-order valence-corrected chi connectivity index (χ1v) is 4.52. The van der Waals surface area contributed by atoms with Gasteiger partial charge in [0, 0.05) is 0 Å². The minimum atomic E-state index is 0.155. The number of hydrogen-bond donors (Lipinski definition) is 0. The van der Waals surface area contributed by atoms with Crippen molar-refractivity contribution in [2.75, 3.05) is 0 Å². The standard InChI is InChI=1S/C13H10N2/c1-11(13(9-14)10-15)7-8-12-5-3-2-4-6-12/h2-8H,1H3/b8-7-. The number of hydrogen-bond acceptors (Lipinski definition) is 2. The predicted octanol–water partition coefficient (Wildman–Crippen LogP) is 3.06. The van der Waals surface area contributed by atoms with Gasteiger partial charge in [-0.25, -0.2) is 0 Å². The van der Waals surface area contributed by atoms with E-state index in [9.17, 15) is 0 Å². The zero-order valence-electron chi connectivity index (χ0n) is 8.44. The van der Waals surface area contributed by atoms with Crippen LogP contribution in [0.4, 0.5) is 0 Å². The lowest BCUT2D eigenvalue weighted by Gasteiger charge is -1.92. The Hall–Kier alpha value is -2.32. The molecule has 0 spiro atoms. The fourth-order valence-corrected chi connectivity index (χ4v) is 1.07. The van der Waals surface area contributed by atoms with Gasteiger partial charge >= 0.3 is 0 Å². The molecule has 0 unspecified atom stereocenters. The van der Waals surface area contributed by atoms with E-state index in [2.05, 4.69) is 0 Å². The second kappa shape index (κ2) is 5.42. The van der Waals surface area contributed by atoms with Crippen molar-refractivity contribution in [2.45, 2.75) is 6.92 Å². The minimum absolute atomic E-state index is 0.155. The highest BCUT2D eigenvalue weighted by Crippen LogP contribution is 2.07. The Morgan fingerprint density at radius 2 is 1.73 bits per heavy atom. The van der Waals surface area contributed by atoms with Crippen LogP contribution < -0.4 is 0 Å². The molecule has 1 aromatic rings. The number of benzene rings is 1. The maximum absolute atomic E-state index is 8.63. The maximum atomic E-state index is 8.63. The second-order valence-corrected chi connectivity index (χ2v) is 3.03. The molecule has 0 bridgehead atoms. The summed E-state index contributed by atoms with van der Waals surface area (Å²) in [6.45, 7) is 1.75. The van der Waals surface area contributed by atoms with Crippen molar-refractivity contribution in [3.05, 3.63) is 53.1 Å². The minimum Gasteiger partial charge on any atom is -0.192 e. The van der Waals surface area contributed by atoms with E-state index in [0.29, 0.717) is 5.57 Å². The van der Waals surface area contributed by atoms with Crippen LogP contribution >= 0.6 is 0 Å². The number of allylic oxidation sites excluding steroid dienone is 3. The van der Waals surface area contributed by atoms with Gasteiger partial charge in [-0.2, -0.15) is 10.5 Å². The SMILES string of the molecule is CC(/C=C\c1ccccc1)=C(C#N)C#N. The van der Waals surface area contributed by atoms with Gasteiger partial charge in [0.15, 0.2) is 0 Å². The first-order chi connectivity index (χ1) is 7.27. The quantitative estimate of drug-likeness (QED) is 0.536. The van der Waals surface area contributed by atoms with Gasteiger partial charge in [0.25, 0.3) is 0 Å². The molecule has 0 aliphatic carbocycles. The smallest absolute Gasteiger partial charge is 0.132 e. The van der Waals surface area contributed by atoms with Crippen LogP contribution in [0.1, 0.15) is 12.5 Å². The molecule has 0 heterocycles. The van der Waals surface area contributed by atoms with Gasteiger partial charge in [0.1, 0.15) is 17.7 Å². The number of rotatable bonds is 2. The van der Waals surface area contributed by atoms with E-state index in [1.165, 1.54) is 0 Å². The summed E-state index contributed by atoms with van der Waals surface area (Å²) in [6.07, 6.45) is 3.65. The fourth-order valence-electron chi connectivity index (χ4n) is 1.07. The third-order valence-electron chi connectivity index (χ3n) is 1.94. The summed E-state index contributed by atoms with van der Waals surface area (Å²) in [6, 6.07) is 13.4. The molecule has 0 atom stereocenters. The van der Waals surface area contributed by atoms with Crippen LogP contribution in [0, 0.1) is 22.7 Å². The molecule has 0 aliphatic heterocycles. The van der Waals surface area contributed by atoms with Gasteiger partial charge in [-0.15, -0.1) is 0 Å². The molecule has 0 radical (unpaired) electrons. The molecule has 15 heavy (non-hydrogen) atoms. The Morgan fingerprint density at radius 3 is 2.27 bits per heavy atom. The first kappa shape index (κ1) is 10.8. The Kier molecular flexibility index (Phi) is 3.89. The van der Waals surface area contributed by atoms with Gasteiger partial charge in [-0.3, -0.25) is 0 Å². The lowest BCUT2D eigenvalue weighted by molar-refractivity contribution is 1.40. The van der Waals surface area contributed by atoms with Crippen LogP contribution in [0.2, 0.25) is 0 Å². The van der Waals surface area contributed by atoms with Gasteiger partial charge in [-0.1, -0.05) is 42.5 Å². The number of nitrogens with zero attached hydrogens (tertiary/aromatic N) is 2. The number of nitriles is 2. The average molecular weight is 194 g/mol. The van der Waals surface area contributed by atoms with Crippen molar-refractivity contribution in [1.82, 2.24) is 0 Å². The lowest BCUT2D eigenvalue weighted by Crippen LogP contribution is -1.78. The van der Waals surface area contributed by atoms with Crippen LogP contribution in [0.25, 0.3) is 6.08 Å². The molecule has 0 saturated carbocycles. The Morgan fingerprint density at radius 1 is 1.13 bits per heavy atom. The Bertz CT molecular complexity index is 451. The van der Waals surface area contributed by atoms with E-state index in [4.69, 9.17) is 10.5 Å². The normalized spacial score (nSPS) is 9.27. The molecule has 2 nitrogen and oxygen atoms in total. The molecule has 2 heteroatoms. The largest absolute Gasteiger partial charge is 0.192 e. The molecular formula is C13H10N2. The van der Waals surface area contributed by atoms with Crippen LogP contribution in [0.15, 0.2) is 47.6 Å². The summed E-state index contributed by atoms with van der Waals surface area (Å²) < 4.78 is 0. The molecule has 72 valence electrons. The van der Waals surface area contributed by atoms with Crippen molar-refractivity contribution in [1.29, 1.82) is 10.5 Å². The maximum Gasteiger partial charge on any atom is 0.132 e. The monoisotopic (exact) mass is 194 g/mol. The zero-order chi connectivity index (χ0) is 11.1. The summed E-state index contributed by atoms with van der Waals surface area (Å²) in [5, 5.41) is 17.3. The van der Waals surface area contributed by atoms with Gasteiger partial charge in [0.05, 0.1) is 0 Å². The van der Waals surface area contributed by atoms with Crippen LogP contribution in [0.3, 0.4) is 0 Å². The van der Waals surface area contributed by atoms with Crippen LogP contribution in [0.5, 0.6) is 0 Å². The topological polar surface area (TPSA) is 47.6 Å². The van der Waals surface area contributed by atoms with Crippen LogP contribution in [-0.2, 0) is 0 Å². The highest BCUT2D eigenvalue weighted by atomic mass is 14.3. The predicted molar refractivity (Wildman–Crippen MR) is 59.4 cm³/mol. The second-order valence-electron chi connectivity index (χ2n) is 3.03. The summed E-state index contributed by atoms with van der Waals surface area (Å²) in [4.78, 5) is 0. The molecule has 1 aromatic carbocycles. The molecular weight excluding hydrogens is 184 g/mol. The van der Waals surface area contributed by atoms with Crippen molar-refractivity contribution >= 4 is 6.08 Å². The zero-order valence-corrected chi connectivity index (χ0v) is 8.44. The lowest BCUT2D eigenvalue weighted by atomic mass is 10.1. The van der Waals surface area contributed by atoms with Gasteiger partial charge < -0.3 is 0 Å². The summed E-state index contributed by atoms with van der Waals surface area (Å²) >= 11 is 0. The van der Waals surface area contributed by atoms with Crippen molar-refractivity contribution < 1.29 is 0 Å². The summed E-state index contributed by atoms with van der Waals surface area (Å²) in [5.74, 6) is 0. The highest BCUT2D eigenvalue weighted by Gasteiger charge is 1.95. The van der Waals surface area contributed by atoms with E-state index >= 15 is 0 Å². The molecule has 0 aromatic heterocycles. The van der Waals surface area contributed by atoms with E-state index in [1.807, 2.05) is 48.5 Å². The van der Waals surface area contributed by atoms with Gasteiger partial charge in [0.2, 0.25) is 0 Å². The fraction of sp³-hybridized carbons (Fsp3) is 0.0769. The van der Waals surface area contributed by atoms with E-state index < -0.39 is 0 Å². The highest BCUT2D eigenvalue weighted by molar-refractivity contribution is 5.55. The Labute approximate surface area is 89.4 Å². The molecule has 1 rings (SSSR count). The molecule has 0 amide bonds. The van der Waals surface area contributed by atoms with Crippen LogP contribution in [-0.4, -0.2) is 0 Å². The average Bonchev–Trinajstić information content (AvgIpc) is 2.29. The summed E-state index contributed by atoms with van der Waals surface area (Å²) in [7, 11) is 0.